The lowest BCUT2D eigenvalue weighted by Gasteiger charge is -2.17. The average molecular weight is 431 g/mol. The summed E-state index contributed by atoms with van der Waals surface area (Å²) in [4.78, 5) is 0. The Morgan fingerprint density at radius 2 is 0.912 bits per heavy atom. The molecule has 0 N–H and O–H groups in total. The largest absolute Gasteiger partial charge is 0.0622 e. The van der Waals surface area contributed by atoms with Crippen molar-refractivity contribution in [2.75, 3.05) is 0 Å². The maximum absolute atomic E-state index is 2.38. The molecule has 0 aliphatic rings. The van der Waals surface area contributed by atoms with Crippen LogP contribution in [0, 0.1) is 0 Å². The van der Waals surface area contributed by atoms with E-state index in [9.17, 15) is 0 Å². The van der Waals surface area contributed by atoms with Gasteiger partial charge >= 0.3 is 0 Å². The molecule has 7 aromatic rings. The maximum atomic E-state index is 2.38. The van der Waals surface area contributed by atoms with Crippen LogP contribution in [0.25, 0.3) is 54.7 Å². The third-order valence-corrected chi connectivity index (χ3v) is 7.01. The second kappa shape index (κ2) is 7.57. The molecule has 0 unspecified atom stereocenters. The zero-order valence-corrected chi connectivity index (χ0v) is 18.7. The summed E-state index contributed by atoms with van der Waals surface area (Å²) < 4.78 is 0. The van der Waals surface area contributed by atoms with Gasteiger partial charge < -0.3 is 0 Å². The highest BCUT2D eigenvalue weighted by molar-refractivity contribution is 6.34. The standard InChI is InChI=1S/C34H22/c1-3-10-23(11-4-1)31(24-12-5-2-6-13-24)22-27-21-20-26-16-8-18-29-28-17-7-14-25-15-9-19-30(32(25)28)34(27)33(26)29/h1-22H. The monoisotopic (exact) mass is 430 g/mol. The fourth-order valence-corrected chi connectivity index (χ4v) is 5.53. The van der Waals surface area contributed by atoms with Crippen LogP contribution < -0.4 is 0 Å². The molecule has 0 bridgehead atoms. The van der Waals surface area contributed by atoms with E-state index in [-0.39, 0.29) is 0 Å². The van der Waals surface area contributed by atoms with E-state index in [1.807, 2.05) is 0 Å². The van der Waals surface area contributed by atoms with Crippen LogP contribution in [0.3, 0.4) is 0 Å². The minimum absolute atomic E-state index is 1.23. The smallest absolute Gasteiger partial charge is 0.00199 e. The van der Waals surface area contributed by atoms with Crippen molar-refractivity contribution >= 4 is 54.7 Å². The zero-order chi connectivity index (χ0) is 22.5. The molecule has 0 aliphatic heterocycles. The number of fused-ring (bicyclic) bond motifs is 2. The quantitative estimate of drug-likeness (QED) is 0.149. The number of hydrogen-bond donors (Lipinski definition) is 0. The second-order valence-corrected chi connectivity index (χ2v) is 8.93. The van der Waals surface area contributed by atoms with Crippen LogP contribution in [0.4, 0.5) is 0 Å². The van der Waals surface area contributed by atoms with Gasteiger partial charge in [0.2, 0.25) is 0 Å². The molecule has 0 heterocycles. The molecule has 34 heavy (non-hydrogen) atoms. The minimum Gasteiger partial charge on any atom is -0.0622 e. The van der Waals surface area contributed by atoms with Gasteiger partial charge in [0.25, 0.3) is 0 Å². The Morgan fingerprint density at radius 1 is 0.382 bits per heavy atom. The first-order valence-corrected chi connectivity index (χ1v) is 11.8. The molecule has 7 rings (SSSR count). The molecule has 0 spiro atoms. The average Bonchev–Trinajstić information content (AvgIpc) is 2.91. The predicted octanol–water partition coefficient (Wildman–Crippen LogP) is 9.33. The SMILES string of the molecule is C(=C(c1ccccc1)c1ccccc1)c1ccc2cccc3c4cccc5cccc(c1c23)c54. The van der Waals surface area contributed by atoms with Crippen LogP contribution in [0.5, 0.6) is 0 Å². The van der Waals surface area contributed by atoms with E-state index in [2.05, 4.69) is 133 Å². The molecular formula is C34H22. The molecule has 158 valence electrons. The molecule has 0 saturated heterocycles. The molecule has 0 radical (unpaired) electrons. The molecule has 0 heteroatoms. The number of hydrogen-bond acceptors (Lipinski definition) is 0. The normalized spacial score (nSPS) is 11.5. The Kier molecular flexibility index (Phi) is 4.25. The van der Waals surface area contributed by atoms with Crippen molar-refractivity contribution in [2.24, 2.45) is 0 Å². The van der Waals surface area contributed by atoms with Crippen molar-refractivity contribution < 1.29 is 0 Å². The van der Waals surface area contributed by atoms with Crippen LogP contribution >= 0.6 is 0 Å². The van der Waals surface area contributed by atoms with Crippen LogP contribution in [-0.2, 0) is 0 Å². The van der Waals surface area contributed by atoms with E-state index in [0.29, 0.717) is 0 Å². The Hall–Kier alpha value is -4.42. The molecule has 0 nitrogen and oxygen atoms in total. The van der Waals surface area contributed by atoms with Gasteiger partial charge in [-0.2, -0.15) is 0 Å². The summed E-state index contributed by atoms with van der Waals surface area (Å²) >= 11 is 0. The lowest BCUT2D eigenvalue weighted by molar-refractivity contribution is 1.56. The molecule has 0 atom stereocenters. The van der Waals surface area contributed by atoms with Gasteiger partial charge in [-0.15, -0.1) is 0 Å². The minimum atomic E-state index is 1.23. The van der Waals surface area contributed by atoms with E-state index in [4.69, 9.17) is 0 Å². The third-order valence-electron chi connectivity index (χ3n) is 7.01. The fraction of sp³-hybridized carbons (Fsp3) is 0. The van der Waals surface area contributed by atoms with Crippen LogP contribution in [0.15, 0.2) is 127 Å². The summed E-state index contributed by atoms with van der Waals surface area (Å²) in [6.45, 7) is 0. The van der Waals surface area contributed by atoms with Crippen LogP contribution in [0.1, 0.15) is 16.7 Å². The first-order valence-electron chi connectivity index (χ1n) is 11.8. The van der Waals surface area contributed by atoms with Crippen molar-refractivity contribution in [3.05, 3.63) is 144 Å². The summed E-state index contributed by atoms with van der Waals surface area (Å²) in [5, 5.41) is 10.6. The first kappa shape index (κ1) is 19.1. The van der Waals surface area contributed by atoms with Crippen molar-refractivity contribution in [1.29, 1.82) is 0 Å². The van der Waals surface area contributed by atoms with Crippen molar-refractivity contribution in [2.45, 2.75) is 0 Å². The Labute approximate surface area is 198 Å². The molecule has 0 saturated carbocycles. The second-order valence-electron chi connectivity index (χ2n) is 8.93. The third kappa shape index (κ3) is 2.86. The van der Waals surface area contributed by atoms with Gasteiger partial charge in [-0.25, -0.2) is 0 Å². The summed E-state index contributed by atoms with van der Waals surface area (Å²) in [5.74, 6) is 0. The highest BCUT2D eigenvalue weighted by Crippen LogP contribution is 2.42. The maximum Gasteiger partial charge on any atom is -0.00199 e. The van der Waals surface area contributed by atoms with E-state index < -0.39 is 0 Å². The Bertz CT molecular complexity index is 1780. The molecule has 0 amide bonds. The summed E-state index contributed by atoms with van der Waals surface area (Å²) in [6, 6.07) is 46.1. The molecule has 0 fully saturated rings. The van der Waals surface area contributed by atoms with Gasteiger partial charge in [0, 0.05) is 0 Å². The lowest BCUT2D eigenvalue weighted by Crippen LogP contribution is -1.91. The van der Waals surface area contributed by atoms with E-state index >= 15 is 0 Å². The van der Waals surface area contributed by atoms with Gasteiger partial charge in [0.15, 0.2) is 0 Å². The predicted molar refractivity (Wildman–Crippen MR) is 148 cm³/mol. The summed E-state index contributed by atoms with van der Waals surface area (Å²) in [5.41, 5.74) is 4.94. The number of rotatable bonds is 3. The summed E-state index contributed by atoms with van der Waals surface area (Å²) in [6.07, 6.45) is 2.38. The Morgan fingerprint density at radius 3 is 1.53 bits per heavy atom. The topological polar surface area (TPSA) is 0 Å². The van der Waals surface area contributed by atoms with Crippen molar-refractivity contribution in [3.63, 3.8) is 0 Å². The first-order chi connectivity index (χ1) is 16.9. The van der Waals surface area contributed by atoms with E-state index in [0.717, 1.165) is 0 Å². The summed E-state index contributed by atoms with van der Waals surface area (Å²) in [7, 11) is 0. The van der Waals surface area contributed by atoms with Gasteiger partial charge in [-0.1, -0.05) is 127 Å². The van der Waals surface area contributed by atoms with E-state index in [1.54, 1.807) is 0 Å². The fourth-order valence-electron chi connectivity index (χ4n) is 5.53. The zero-order valence-electron chi connectivity index (χ0n) is 18.7. The van der Waals surface area contributed by atoms with Gasteiger partial charge in [0.1, 0.15) is 0 Å². The molecule has 0 aliphatic carbocycles. The Balaban J connectivity index is 1.66. The van der Waals surface area contributed by atoms with Crippen LogP contribution in [0.2, 0.25) is 0 Å². The van der Waals surface area contributed by atoms with Crippen molar-refractivity contribution in [1.82, 2.24) is 0 Å². The molecular weight excluding hydrogens is 408 g/mol. The van der Waals surface area contributed by atoms with Crippen molar-refractivity contribution in [3.8, 4) is 0 Å². The van der Waals surface area contributed by atoms with Gasteiger partial charge in [0.05, 0.1) is 0 Å². The van der Waals surface area contributed by atoms with Gasteiger partial charge in [-0.05, 0) is 71.4 Å². The van der Waals surface area contributed by atoms with Gasteiger partial charge in [-0.3, -0.25) is 0 Å². The highest BCUT2D eigenvalue weighted by Gasteiger charge is 2.15. The lowest BCUT2D eigenvalue weighted by atomic mass is 9.86. The molecule has 7 aromatic carbocycles. The highest BCUT2D eigenvalue weighted by atomic mass is 14.2. The molecule has 0 aromatic heterocycles. The number of benzene rings is 7. The van der Waals surface area contributed by atoms with Crippen LogP contribution in [-0.4, -0.2) is 0 Å². The van der Waals surface area contributed by atoms with E-state index in [1.165, 1.54) is 65.4 Å².